The monoisotopic (exact) mass is 279 g/mol. The summed E-state index contributed by atoms with van der Waals surface area (Å²) < 4.78 is 0. The minimum Gasteiger partial charge on any atom is -0.313 e. The molecular formula is C19H37N. The topological polar surface area (TPSA) is 12.0 Å². The third-order valence-electron chi connectivity index (χ3n) is 6.35. The molecule has 1 N–H and O–H groups in total. The van der Waals surface area contributed by atoms with E-state index in [0.29, 0.717) is 0 Å². The molecule has 0 amide bonds. The van der Waals surface area contributed by atoms with Crippen molar-refractivity contribution in [2.24, 2.45) is 29.6 Å². The first-order valence-electron chi connectivity index (χ1n) is 9.35. The second-order valence-electron chi connectivity index (χ2n) is 8.03. The van der Waals surface area contributed by atoms with E-state index < -0.39 is 0 Å². The Morgan fingerprint density at radius 3 is 2.10 bits per heavy atom. The van der Waals surface area contributed by atoms with Gasteiger partial charge >= 0.3 is 0 Å². The van der Waals surface area contributed by atoms with Crippen LogP contribution in [0.4, 0.5) is 0 Å². The summed E-state index contributed by atoms with van der Waals surface area (Å²) in [6.45, 7) is 10.9. The molecule has 2 aliphatic rings. The maximum absolute atomic E-state index is 3.96. The van der Waals surface area contributed by atoms with E-state index in [-0.39, 0.29) is 0 Å². The maximum Gasteiger partial charge on any atom is 0.0124 e. The van der Waals surface area contributed by atoms with Gasteiger partial charge in [0.2, 0.25) is 0 Å². The van der Waals surface area contributed by atoms with E-state index in [1.165, 1.54) is 57.9 Å². The number of nitrogens with one attached hydrogen (secondary N) is 1. The third kappa shape index (κ3) is 4.23. The Hall–Kier alpha value is -0.0400. The van der Waals surface area contributed by atoms with Gasteiger partial charge in [-0.2, -0.15) is 0 Å². The third-order valence-corrected chi connectivity index (χ3v) is 6.35. The van der Waals surface area contributed by atoms with Crippen molar-refractivity contribution in [1.82, 2.24) is 5.32 Å². The molecule has 2 fully saturated rings. The molecule has 0 bridgehead atoms. The van der Waals surface area contributed by atoms with E-state index in [9.17, 15) is 0 Å². The van der Waals surface area contributed by atoms with Crippen LogP contribution >= 0.6 is 0 Å². The van der Waals surface area contributed by atoms with Gasteiger partial charge < -0.3 is 5.32 Å². The Balaban J connectivity index is 1.95. The number of rotatable bonds is 5. The Kier molecular flexibility index (Phi) is 6.39. The lowest BCUT2D eigenvalue weighted by Crippen LogP contribution is -2.46. The molecule has 0 aliphatic heterocycles. The predicted molar refractivity (Wildman–Crippen MR) is 88.9 cm³/mol. The van der Waals surface area contributed by atoms with E-state index in [1.807, 2.05) is 0 Å². The van der Waals surface area contributed by atoms with E-state index >= 15 is 0 Å². The van der Waals surface area contributed by atoms with Crippen molar-refractivity contribution in [3.8, 4) is 0 Å². The highest BCUT2D eigenvalue weighted by Crippen LogP contribution is 2.40. The molecule has 0 aromatic carbocycles. The van der Waals surface area contributed by atoms with E-state index in [0.717, 1.165) is 35.6 Å². The fourth-order valence-corrected chi connectivity index (χ4v) is 4.59. The van der Waals surface area contributed by atoms with Gasteiger partial charge in [-0.25, -0.2) is 0 Å². The Morgan fingerprint density at radius 2 is 1.50 bits per heavy atom. The van der Waals surface area contributed by atoms with Crippen LogP contribution in [0.2, 0.25) is 0 Å². The fraction of sp³-hybridized carbons (Fsp3) is 1.00. The molecular weight excluding hydrogens is 242 g/mol. The van der Waals surface area contributed by atoms with Crippen molar-refractivity contribution < 1.29 is 0 Å². The van der Waals surface area contributed by atoms with Gasteiger partial charge in [0.15, 0.2) is 0 Å². The molecule has 118 valence electrons. The van der Waals surface area contributed by atoms with Gasteiger partial charge in [-0.1, -0.05) is 47.0 Å². The largest absolute Gasteiger partial charge is 0.313 e. The van der Waals surface area contributed by atoms with Crippen LogP contribution in [-0.4, -0.2) is 12.6 Å². The van der Waals surface area contributed by atoms with Gasteiger partial charge in [-0.05, 0) is 68.2 Å². The average Bonchev–Trinajstić information content (AvgIpc) is 2.45. The van der Waals surface area contributed by atoms with Crippen LogP contribution in [0.5, 0.6) is 0 Å². The first-order valence-corrected chi connectivity index (χ1v) is 9.35. The Bertz CT molecular complexity index is 267. The van der Waals surface area contributed by atoms with Gasteiger partial charge in [0.05, 0.1) is 0 Å². The van der Waals surface area contributed by atoms with Crippen molar-refractivity contribution >= 4 is 0 Å². The van der Waals surface area contributed by atoms with Gasteiger partial charge in [-0.3, -0.25) is 0 Å². The molecule has 0 saturated heterocycles. The molecule has 0 aromatic rings. The van der Waals surface area contributed by atoms with Crippen molar-refractivity contribution in [2.75, 3.05) is 6.54 Å². The van der Waals surface area contributed by atoms with Crippen LogP contribution in [0.25, 0.3) is 0 Å². The second-order valence-corrected chi connectivity index (χ2v) is 8.03. The number of hydrogen-bond acceptors (Lipinski definition) is 1. The lowest BCUT2D eigenvalue weighted by atomic mass is 9.68. The molecule has 4 atom stereocenters. The summed E-state index contributed by atoms with van der Waals surface area (Å²) >= 11 is 0. The molecule has 0 spiro atoms. The minimum absolute atomic E-state index is 0.817. The van der Waals surface area contributed by atoms with Gasteiger partial charge in [0.25, 0.3) is 0 Å². The van der Waals surface area contributed by atoms with Gasteiger partial charge in [-0.15, -0.1) is 0 Å². The SMILES string of the molecule is CCCNC(C1CCC(C)CC1)C1CCC(C)C(C)C1. The zero-order valence-electron chi connectivity index (χ0n) is 14.3. The standard InChI is InChI=1S/C19H37N/c1-5-12-20-19(17-9-6-14(2)7-10-17)18-11-8-15(3)16(4)13-18/h14-20H,5-13H2,1-4H3. The van der Waals surface area contributed by atoms with Crippen LogP contribution in [0.3, 0.4) is 0 Å². The van der Waals surface area contributed by atoms with Crippen LogP contribution in [-0.2, 0) is 0 Å². The van der Waals surface area contributed by atoms with Crippen molar-refractivity contribution in [1.29, 1.82) is 0 Å². The molecule has 0 radical (unpaired) electrons. The Labute approximate surface area is 127 Å². The normalized spacial score (nSPS) is 40.5. The Morgan fingerprint density at radius 1 is 0.850 bits per heavy atom. The predicted octanol–water partition coefficient (Wildman–Crippen LogP) is 5.25. The first kappa shape index (κ1) is 16.3. The molecule has 1 heteroatoms. The minimum atomic E-state index is 0.817. The summed E-state index contributed by atoms with van der Waals surface area (Å²) in [7, 11) is 0. The molecule has 0 aromatic heterocycles. The van der Waals surface area contributed by atoms with Crippen LogP contribution in [0, 0.1) is 29.6 Å². The molecule has 4 unspecified atom stereocenters. The summed E-state index contributed by atoms with van der Waals surface area (Å²) in [5.41, 5.74) is 0. The summed E-state index contributed by atoms with van der Waals surface area (Å²) in [6, 6.07) is 0.817. The second kappa shape index (κ2) is 7.82. The van der Waals surface area contributed by atoms with Crippen LogP contribution in [0.1, 0.15) is 79.1 Å². The average molecular weight is 280 g/mol. The zero-order valence-corrected chi connectivity index (χ0v) is 14.3. The van der Waals surface area contributed by atoms with Crippen LogP contribution < -0.4 is 5.32 Å². The summed E-state index contributed by atoms with van der Waals surface area (Å²) in [6.07, 6.45) is 11.6. The zero-order chi connectivity index (χ0) is 14.5. The van der Waals surface area contributed by atoms with Crippen LogP contribution in [0.15, 0.2) is 0 Å². The van der Waals surface area contributed by atoms with Crippen molar-refractivity contribution in [3.63, 3.8) is 0 Å². The lowest BCUT2D eigenvalue weighted by molar-refractivity contribution is 0.116. The summed E-state index contributed by atoms with van der Waals surface area (Å²) in [5, 5.41) is 3.96. The summed E-state index contributed by atoms with van der Waals surface area (Å²) in [5.74, 6) is 4.77. The molecule has 2 saturated carbocycles. The molecule has 1 nitrogen and oxygen atoms in total. The van der Waals surface area contributed by atoms with Gasteiger partial charge in [0, 0.05) is 6.04 Å². The lowest BCUT2D eigenvalue weighted by Gasteiger charge is -2.42. The quantitative estimate of drug-likeness (QED) is 0.724. The smallest absolute Gasteiger partial charge is 0.0124 e. The number of hydrogen-bond donors (Lipinski definition) is 1. The highest BCUT2D eigenvalue weighted by atomic mass is 14.9. The highest BCUT2D eigenvalue weighted by Gasteiger charge is 2.35. The molecule has 2 aliphatic carbocycles. The van der Waals surface area contributed by atoms with Crippen molar-refractivity contribution in [3.05, 3.63) is 0 Å². The van der Waals surface area contributed by atoms with Crippen molar-refractivity contribution in [2.45, 2.75) is 85.1 Å². The highest BCUT2D eigenvalue weighted by molar-refractivity contribution is 4.89. The fourth-order valence-electron chi connectivity index (χ4n) is 4.59. The van der Waals surface area contributed by atoms with E-state index in [1.54, 1.807) is 0 Å². The first-order chi connectivity index (χ1) is 9.61. The molecule has 2 rings (SSSR count). The van der Waals surface area contributed by atoms with E-state index in [2.05, 4.69) is 33.0 Å². The molecule has 20 heavy (non-hydrogen) atoms. The molecule has 0 heterocycles. The van der Waals surface area contributed by atoms with Gasteiger partial charge in [0.1, 0.15) is 0 Å². The maximum atomic E-state index is 3.96. The summed E-state index contributed by atoms with van der Waals surface area (Å²) in [4.78, 5) is 0. The van der Waals surface area contributed by atoms with E-state index in [4.69, 9.17) is 0 Å².